The summed E-state index contributed by atoms with van der Waals surface area (Å²) in [6, 6.07) is 7.62. The van der Waals surface area contributed by atoms with Crippen molar-refractivity contribution in [1.82, 2.24) is 9.80 Å². The average molecular weight is 360 g/mol. The summed E-state index contributed by atoms with van der Waals surface area (Å²) in [6.45, 7) is 3.97. The smallest absolute Gasteiger partial charge is 0.410 e. The number of nitrogens with zero attached hydrogens (tertiary/aromatic N) is 2. The predicted octanol–water partition coefficient (Wildman–Crippen LogP) is 2.99. The molecule has 142 valence electrons. The zero-order valence-corrected chi connectivity index (χ0v) is 15.6. The van der Waals surface area contributed by atoms with Gasteiger partial charge in [-0.2, -0.15) is 0 Å². The Balaban J connectivity index is 1.56. The molecule has 2 aliphatic heterocycles. The summed E-state index contributed by atoms with van der Waals surface area (Å²) in [6.07, 6.45) is 3.95. The molecule has 0 saturated carbocycles. The second-order valence-electron chi connectivity index (χ2n) is 7.08. The molecule has 1 atom stereocenters. The number of hydrogen-bond donors (Lipinski definition) is 0. The Morgan fingerprint density at radius 3 is 2.46 bits per heavy atom. The molecule has 2 amide bonds. The molecule has 0 N–H and O–H groups in total. The van der Waals surface area contributed by atoms with Crippen LogP contribution in [0.2, 0.25) is 0 Å². The van der Waals surface area contributed by atoms with Crippen LogP contribution in [0.25, 0.3) is 0 Å². The molecule has 6 heteroatoms. The third kappa shape index (κ3) is 4.11. The van der Waals surface area contributed by atoms with Gasteiger partial charge in [0.05, 0.1) is 7.11 Å². The lowest BCUT2D eigenvalue weighted by Crippen LogP contribution is -2.55. The summed E-state index contributed by atoms with van der Waals surface area (Å²) in [4.78, 5) is 28.4. The number of ether oxygens (including phenoxy) is 2. The summed E-state index contributed by atoms with van der Waals surface area (Å²) in [5, 5.41) is 0. The van der Waals surface area contributed by atoms with Crippen LogP contribution in [-0.4, -0.2) is 60.7 Å². The molecule has 3 rings (SSSR count). The number of rotatable bonds is 3. The summed E-state index contributed by atoms with van der Waals surface area (Å²) in [5.74, 6) is 0.964. The van der Waals surface area contributed by atoms with Gasteiger partial charge in [0.25, 0.3) is 0 Å². The zero-order valence-electron chi connectivity index (χ0n) is 15.6. The maximum Gasteiger partial charge on any atom is 0.410 e. The largest absolute Gasteiger partial charge is 0.490 e. The van der Waals surface area contributed by atoms with Crippen molar-refractivity contribution in [2.24, 2.45) is 0 Å². The average Bonchev–Trinajstić information content (AvgIpc) is 2.69. The van der Waals surface area contributed by atoms with Crippen molar-refractivity contribution in [3.05, 3.63) is 29.8 Å². The minimum Gasteiger partial charge on any atom is -0.490 e. The molecule has 1 aromatic rings. The minimum absolute atomic E-state index is 0.0458. The van der Waals surface area contributed by atoms with Crippen LogP contribution >= 0.6 is 0 Å². The molecule has 0 aromatic heterocycles. The normalized spacial score (nSPS) is 21.4. The Kier molecular flexibility index (Phi) is 6.01. The van der Waals surface area contributed by atoms with Crippen molar-refractivity contribution in [1.29, 1.82) is 0 Å². The van der Waals surface area contributed by atoms with E-state index < -0.39 is 6.09 Å². The van der Waals surface area contributed by atoms with Crippen molar-refractivity contribution >= 4 is 12.0 Å². The molecule has 2 fully saturated rings. The summed E-state index contributed by atoms with van der Waals surface area (Å²) in [5.41, 5.74) is 1.13. The van der Waals surface area contributed by atoms with Gasteiger partial charge in [0.2, 0.25) is 5.91 Å². The van der Waals surface area contributed by atoms with E-state index in [1.807, 2.05) is 36.1 Å². The van der Waals surface area contributed by atoms with Crippen molar-refractivity contribution < 1.29 is 19.1 Å². The van der Waals surface area contributed by atoms with E-state index in [0.29, 0.717) is 26.1 Å². The lowest BCUT2D eigenvalue weighted by Gasteiger charge is -2.39. The second kappa shape index (κ2) is 8.43. The van der Waals surface area contributed by atoms with Crippen LogP contribution in [0.4, 0.5) is 4.79 Å². The molecule has 0 spiro atoms. The first-order chi connectivity index (χ1) is 12.6. The monoisotopic (exact) mass is 360 g/mol. The summed E-state index contributed by atoms with van der Waals surface area (Å²) >= 11 is 0. The van der Waals surface area contributed by atoms with Gasteiger partial charge < -0.3 is 14.4 Å². The highest BCUT2D eigenvalue weighted by atomic mass is 16.5. The number of aryl methyl sites for hydroxylation is 1. The zero-order chi connectivity index (χ0) is 18.5. The molecular weight excluding hydrogens is 332 g/mol. The number of amides is 2. The first kappa shape index (κ1) is 18.5. The number of likely N-dealkylation sites (tertiary alicyclic amines) is 2. The van der Waals surface area contributed by atoms with Gasteiger partial charge in [-0.05, 0) is 37.8 Å². The predicted molar refractivity (Wildman–Crippen MR) is 98.2 cm³/mol. The Morgan fingerprint density at radius 2 is 1.77 bits per heavy atom. The Bertz CT molecular complexity index is 640. The van der Waals surface area contributed by atoms with Crippen molar-refractivity contribution in [3.63, 3.8) is 0 Å². The van der Waals surface area contributed by atoms with E-state index in [4.69, 9.17) is 9.47 Å². The van der Waals surface area contributed by atoms with Crippen LogP contribution in [0.15, 0.2) is 24.3 Å². The second-order valence-corrected chi connectivity index (χ2v) is 7.08. The van der Waals surface area contributed by atoms with Crippen molar-refractivity contribution in [2.45, 2.75) is 51.2 Å². The van der Waals surface area contributed by atoms with Gasteiger partial charge in [0.15, 0.2) is 0 Å². The SMILES string of the molecule is COC(=O)N1CCCC[C@H]1C(=O)N1CCC(Oc2ccccc2C)CC1. The van der Waals surface area contributed by atoms with E-state index in [2.05, 4.69) is 0 Å². The number of methoxy groups -OCH3 is 1. The highest BCUT2D eigenvalue weighted by Crippen LogP contribution is 2.25. The van der Waals surface area contributed by atoms with E-state index >= 15 is 0 Å². The number of benzene rings is 1. The van der Waals surface area contributed by atoms with E-state index in [-0.39, 0.29) is 18.1 Å². The molecule has 26 heavy (non-hydrogen) atoms. The molecule has 0 unspecified atom stereocenters. The molecular formula is C20H28N2O4. The van der Waals surface area contributed by atoms with E-state index in [0.717, 1.165) is 37.0 Å². The van der Waals surface area contributed by atoms with Gasteiger partial charge in [-0.15, -0.1) is 0 Å². The molecule has 2 aliphatic rings. The molecule has 0 aliphatic carbocycles. The van der Waals surface area contributed by atoms with Crippen LogP contribution in [0.1, 0.15) is 37.7 Å². The maximum absolute atomic E-state index is 12.9. The number of carbonyl (C=O) groups excluding carboxylic acids is 2. The first-order valence-electron chi connectivity index (χ1n) is 9.46. The van der Waals surface area contributed by atoms with Crippen molar-refractivity contribution in [2.75, 3.05) is 26.7 Å². The summed E-state index contributed by atoms with van der Waals surface area (Å²) in [7, 11) is 1.37. The summed E-state index contributed by atoms with van der Waals surface area (Å²) < 4.78 is 11.0. The van der Waals surface area contributed by atoms with Crippen LogP contribution < -0.4 is 4.74 Å². The third-order valence-electron chi connectivity index (χ3n) is 5.34. The van der Waals surface area contributed by atoms with Crippen LogP contribution in [-0.2, 0) is 9.53 Å². The molecule has 2 heterocycles. The quantitative estimate of drug-likeness (QED) is 0.831. The highest BCUT2D eigenvalue weighted by molar-refractivity contribution is 5.86. The van der Waals surface area contributed by atoms with Crippen LogP contribution in [0.3, 0.4) is 0 Å². The number of para-hydroxylation sites is 1. The molecule has 6 nitrogen and oxygen atoms in total. The number of carbonyl (C=O) groups is 2. The first-order valence-corrected chi connectivity index (χ1v) is 9.46. The Morgan fingerprint density at radius 1 is 1.04 bits per heavy atom. The van der Waals surface area contributed by atoms with Gasteiger partial charge in [-0.1, -0.05) is 18.2 Å². The van der Waals surface area contributed by atoms with E-state index in [9.17, 15) is 9.59 Å². The molecule has 0 bridgehead atoms. The minimum atomic E-state index is -0.402. The van der Waals surface area contributed by atoms with Gasteiger partial charge >= 0.3 is 6.09 Å². The number of hydrogen-bond acceptors (Lipinski definition) is 4. The third-order valence-corrected chi connectivity index (χ3v) is 5.34. The van der Waals surface area contributed by atoms with Crippen LogP contribution in [0, 0.1) is 6.92 Å². The molecule has 2 saturated heterocycles. The van der Waals surface area contributed by atoms with E-state index in [1.54, 1.807) is 4.90 Å². The van der Waals surface area contributed by atoms with Crippen molar-refractivity contribution in [3.8, 4) is 5.75 Å². The number of piperidine rings is 2. The van der Waals surface area contributed by atoms with Gasteiger partial charge in [-0.25, -0.2) is 4.79 Å². The van der Waals surface area contributed by atoms with Gasteiger partial charge in [0.1, 0.15) is 17.9 Å². The fourth-order valence-electron chi connectivity index (χ4n) is 3.80. The van der Waals surface area contributed by atoms with E-state index in [1.165, 1.54) is 7.11 Å². The highest BCUT2D eigenvalue weighted by Gasteiger charge is 2.36. The Labute approximate surface area is 155 Å². The fourth-order valence-corrected chi connectivity index (χ4v) is 3.80. The standard InChI is InChI=1S/C20H28N2O4/c1-15-7-3-4-9-18(15)26-16-10-13-21(14-11-16)19(23)17-8-5-6-12-22(17)20(24)25-2/h3-4,7,9,16-17H,5-6,8,10-14H2,1-2H3/t17-/m0/s1. The van der Waals surface area contributed by atoms with Crippen LogP contribution in [0.5, 0.6) is 5.75 Å². The van der Waals surface area contributed by atoms with Gasteiger partial charge in [0, 0.05) is 32.5 Å². The van der Waals surface area contributed by atoms with Gasteiger partial charge in [-0.3, -0.25) is 9.69 Å². The topological polar surface area (TPSA) is 59.1 Å². The maximum atomic E-state index is 12.9. The molecule has 0 radical (unpaired) electrons. The Hall–Kier alpha value is -2.24. The lowest BCUT2D eigenvalue weighted by atomic mass is 9.99. The molecule has 1 aromatic carbocycles. The fraction of sp³-hybridized carbons (Fsp3) is 0.600. The lowest BCUT2D eigenvalue weighted by molar-refractivity contribution is -0.139.